The van der Waals surface area contributed by atoms with Crippen molar-refractivity contribution in [2.75, 3.05) is 39.8 Å². The van der Waals surface area contributed by atoms with E-state index in [4.69, 9.17) is 34.4 Å². The van der Waals surface area contributed by atoms with E-state index in [1.165, 1.54) is 18.9 Å². The summed E-state index contributed by atoms with van der Waals surface area (Å²) in [5.74, 6) is -3.04. The molecular formula is C38H68N14O6S. The highest BCUT2D eigenvalue weighted by molar-refractivity contribution is 7.20. The van der Waals surface area contributed by atoms with Gasteiger partial charge in [-0.05, 0) is 75.7 Å². The van der Waals surface area contributed by atoms with Gasteiger partial charge >= 0.3 is 0 Å². The van der Waals surface area contributed by atoms with Crippen molar-refractivity contribution in [2.45, 2.75) is 98.2 Å². The Hall–Kier alpha value is -5.41. The predicted molar refractivity (Wildman–Crippen MR) is 234 cm³/mol. The average Bonchev–Trinajstić information content (AvgIpc) is 3.58. The first kappa shape index (κ1) is 53.6. The number of primary amides is 1. The standard InChI is InChI=1S/C30H47N13O6S.C4H11N.C4H10/c1-15(2)23(25(31)47)43-26(48)16-8-9-17-20(12-16)50-28(42-17)24(46)18(6-4-10-37-29(32)33)40-22(45)14-39-27(49)19(41-21(44)13-36-3)7-5-11-38-30(34)35;1-2-3-4-5;1-4(2)3/h8-9,12,15,18-19,23,36H,4-7,10-11,13-14H2,1-3H3,(H2,31,47)(H,39,49)(H,40,45)(H,41,44)(H,43,48)(H4,32,33,37)(H4,34,35,38);2-5H2,1H3;4H,1-3H3. The van der Waals surface area contributed by atoms with Gasteiger partial charge in [0.1, 0.15) is 12.1 Å². The van der Waals surface area contributed by atoms with E-state index in [-0.39, 0.29) is 60.9 Å². The number of nitrogens with zero attached hydrogens (tertiary/aromatic N) is 3. The minimum atomic E-state index is -1.06. The Kier molecular flexibility index (Phi) is 27.0. The fourth-order valence-electron chi connectivity index (χ4n) is 4.80. The molecule has 1 aromatic heterocycles. The van der Waals surface area contributed by atoms with E-state index in [9.17, 15) is 28.8 Å². The number of nitrogens with one attached hydrogen (secondary N) is 5. The van der Waals surface area contributed by atoms with Crippen LogP contribution in [0.15, 0.2) is 28.2 Å². The molecule has 0 saturated carbocycles. The number of nitrogens with two attached hydrogens (primary N) is 6. The number of carbonyl (C=O) groups is 6. The molecule has 20 nitrogen and oxygen atoms in total. The number of guanidine groups is 2. The van der Waals surface area contributed by atoms with Crippen LogP contribution in [0.1, 0.15) is 100 Å². The van der Waals surface area contributed by atoms with E-state index >= 15 is 0 Å². The summed E-state index contributed by atoms with van der Waals surface area (Å²) in [7, 11) is 1.58. The minimum absolute atomic E-state index is 0.0318. The van der Waals surface area contributed by atoms with Gasteiger partial charge in [-0.3, -0.25) is 38.8 Å². The van der Waals surface area contributed by atoms with Crippen LogP contribution in [-0.2, 0) is 19.2 Å². The number of aliphatic imine (C=N–C) groups is 2. The van der Waals surface area contributed by atoms with E-state index in [1.54, 1.807) is 33.0 Å². The summed E-state index contributed by atoms with van der Waals surface area (Å²) in [6.45, 7) is 12.9. The summed E-state index contributed by atoms with van der Waals surface area (Å²) in [5.41, 5.74) is 32.7. The van der Waals surface area contributed by atoms with Crippen molar-refractivity contribution in [3.8, 4) is 0 Å². The van der Waals surface area contributed by atoms with Gasteiger partial charge in [0.2, 0.25) is 29.4 Å². The lowest BCUT2D eigenvalue weighted by Gasteiger charge is -2.19. The highest BCUT2D eigenvalue weighted by Crippen LogP contribution is 2.25. The van der Waals surface area contributed by atoms with Crippen molar-refractivity contribution in [1.82, 2.24) is 31.6 Å². The summed E-state index contributed by atoms with van der Waals surface area (Å²) >= 11 is 1.02. The zero-order valence-corrected chi connectivity index (χ0v) is 36.4. The largest absolute Gasteiger partial charge is 0.370 e. The van der Waals surface area contributed by atoms with Gasteiger partial charge in [-0.1, -0.05) is 48.0 Å². The summed E-state index contributed by atoms with van der Waals surface area (Å²) in [6, 6.07) is 1.71. The topological polar surface area (TPSA) is 356 Å². The third-order valence-corrected chi connectivity index (χ3v) is 8.67. The van der Waals surface area contributed by atoms with Gasteiger partial charge in [-0.2, -0.15) is 0 Å². The lowest BCUT2D eigenvalue weighted by atomic mass is 10.0. The maximum absolute atomic E-state index is 13.7. The van der Waals surface area contributed by atoms with Crippen LogP contribution in [0.4, 0.5) is 0 Å². The van der Waals surface area contributed by atoms with Crippen molar-refractivity contribution in [1.29, 1.82) is 0 Å². The van der Waals surface area contributed by atoms with E-state index in [1.807, 2.05) is 0 Å². The number of carbonyl (C=O) groups excluding carboxylic acids is 6. The molecule has 0 saturated heterocycles. The van der Waals surface area contributed by atoms with E-state index in [0.717, 1.165) is 23.8 Å². The van der Waals surface area contributed by atoms with Crippen LogP contribution in [0.5, 0.6) is 0 Å². The van der Waals surface area contributed by atoms with E-state index in [2.05, 4.69) is 69.2 Å². The first-order chi connectivity index (χ1) is 27.8. The highest BCUT2D eigenvalue weighted by atomic mass is 32.1. The fourth-order valence-corrected chi connectivity index (χ4v) is 5.80. The van der Waals surface area contributed by atoms with Gasteiger partial charge in [-0.25, -0.2) is 4.98 Å². The number of thiazole rings is 1. The Bertz CT molecular complexity index is 1680. The molecule has 0 spiro atoms. The van der Waals surface area contributed by atoms with Gasteiger partial charge < -0.3 is 61.0 Å². The molecule has 332 valence electrons. The van der Waals surface area contributed by atoms with E-state index < -0.39 is 60.0 Å². The maximum Gasteiger partial charge on any atom is 0.251 e. The minimum Gasteiger partial charge on any atom is -0.370 e. The van der Waals surface area contributed by atoms with Gasteiger partial charge in [0.25, 0.3) is 5.91 Å². The molecule has 0 bridgehead atoms. The van der Waals surface area contributed by atoms with Crippen LogP contribution < -0.4 is 61.0 Å². The third-order valence-electron chi connectivity index (χ3n) is 7.63. The number of fused-ring (bicyclic) bond motifs is 1. The van der Waals surface area contributed by atoms with Gasteiger partial charge in [0.05, 0.1) is 29.3 Å². The van der Waals surface area contributed by atoms with Crippen LogP contribution in [0.2, 0.25) is 0 Å². The summed E-state index contributed by atoms with van der Waals surface area (Å²) < 4.78 is 0.519. The number of aromatic nitrogens is 1. The average molecular weight is 849 g/mol. The third kappa shape index (κ3) is 23.6. The molecule has 2 rings (SSSR count). The van der Waals surface area contributed by atoms with Gasteiger partial charge in [0.15, 0.2) is 16.9 Å². The molecule has 5 amide bonds. The normalized spacial score (nSPS) is 12.0. The molecule has 2 aromatic rings. The molecule has 1 heterocycles. The molecule has 0 aliphatic heterocycles. The highest BCUT2D eigenvalue weighted by Gasteiger charge is 2.27. The predicted octanol–water partition coefficient (Wildman–Crippen LogP) is -0.461. The summed E-state index contributed by atoms with van der Waals surface area (Å²) in [5, 5.41) is 13.1. The molecule has 0 aliphatic rings. The molecule has 1 aromatic carbocycles. The van der Waals surface area contributed by atoms with Crippen molar-refractivity contribution < 1.29 is 28.8 Å². The number of likely N-dealkylation sites (N-methyl/N-ethyl adjacent to an activating group) is 1. The molecule has 0 fully saturated rings. The van der Waals surface area contributed by atoms with Crippen molar-refractivity contribution in [2.24, 2.45) is 56.2 Å². The number of Topliss-reactive ketones (excluding diaryl/α,β-unsaturated/α-hetero) is 1. The summed E-state index contributed by atoms with van der Waals surface area (Å²) in [6.07, 6.45) is 3.40. The Balaban J connectivity index is 0.00000336. The number of hydrogen-bond donors (Lipinski definition) is 11. The number of amides is 5. The first-order valence-corrected chi connectivity index (χ1v) is 20.5. The lowest BCUT2D eigenvalue weighted by molar-refractivity contribution is -0.130. The molecule has 3 atom stereocenters. The van der Waals surface area contributed by atoms with E-state index in [0.29, 0.717) is 23.1 Å². The van der Waals surface area contributed by atoms with Crippen molar-refractivity contribution in [3.05, 3.63) is 28.8 Å². The number of rotatable bonds is 23. The smallest absolute Gasteiger partial charge is 0.251 e. The Morgan fingerprint density at radius 3 is 1.80 bits per heavy atom. The zero-order chi connectivity index (χ0) is 45.1. The van der Waals surface area contributed by atoms with Crippen LogP contribution >= 0.6 is 11.3 Å². The second-order valence-corrected chi connectivity index (χ2v) is 15.5. The Morgan fingerprint density at radius 1 is 0.780 bits per heavy atom. The quantitative estimate of drug-likeness (QED) is 0.0292. The Labute approximate surface area is 351 Å². The lowest BCUT2D eigenvalue weighted by Crippen LogP contribution is -2.51. The van der Waals surface area contributed by atoms with Crippen molar-refractivity contribution in [3.63, 3.8) is 0 Å². The monoisotopic (exact) mass is 849 g/mol. The zero-order valence-electron chi connectivity index (χ0n) is 35.6. The number of hydrogen-bond acceptors (Lipinski definition) is 12. The fraction of sp³-hybridized carbons (Fsp3) is 0.605. The Morgan fingerprint density at radius 2 is 1.32 bits per heavy atom. The SMILES string of the molecule is CC(C)C.CCCCN.CNCC(=O)NC(CCCN=C(N)N)C(=O)NCC(=O)NC(CCCN=C(N)N)C(=O)c1nc2ccc(C(=O)NC(C(N)=O)C(C)C)cc2s1. The first-order valence-electron chi connectivity index (χ1n) is 19.6. The molecule has 21 heteroatoms. The van der Waals surface area contributed by atoms with Crippen LogP contribution in [-0.4, -0.2) is 110 Å². The number of benzene rings is 1. The number of ketones is 1. The van der Waals surface area contributed by atoms with Crippen molar-refractivity contribution >= 4 is 68.8 Å². The second-order valence-electron chi connectivity index (χ2n) is 14.4. The van der Waals surface area contributed by atoms with Crippen LogP contribution in [0.3, 0.4) is 0 Å². The second kappa shape index (κ2) is 29.8. The number of unbranched alkanes of at least 4 members (excludes halogenated alkanes) is 1. The molecule has 17 N–H and O–H groups in total. The summed E-state index contributed by atoms with van der Waals surface area (Å²) in [4.78, 5) is 88.6. The molecular weight excluding hydrogens is 781 g/mol. The van der Waals surface area contributed by atoms with Crippen LogP contribution in [0.25, 0.3) is 10.2 Å². The molecule has 0 radical (unpaired) electrons. The van der Waals surface area contributed by atoms with Gasteiger partial charge in [0, 0.05) is 18.7 Å². The molecule has 0 aliphatic carbocycles. The molecule has 59 heavy (non-hydrogen) atoms. The molecule has 3 unspecified atom stereocenters. The van der Waals surface area contributed by atoms with Gasteiger partial charge in [-0.15, -0.1) is 11.3 Å². The van der Waals surface area contributed by atoms with Crippen LogP contribution in [0, 0.1) is 11.8 Å². The maximum atomic E-state index is 13.7.